The molecule has 6 nitrogen and oxygen atoms in total. The van der Waals surface area contributed by atoms with Gasteiger partial charge in [-0.2, -0.15) is 13.2 Å². The predicted molar refractivity (Wildman–Crippen MR) is 105 cm³/mol. The molecule has 1 amide bonds. The van der Waals surface area contributed by atoms with Crippen LogP contribution in [0.4, 0.5) is 23.2 Å². The van der Waals surface area contributed by atoms with Crippen molar-refractivity contribution in [3.63, 3.8) is 0 Å². The largest absolute Gasteiger partial charge is 0.469 e. The normalized spacial score (nSPS) is 19.1. The Kier molecular flexibility index (Phi) is 5.79. The molecular formula is C20H17ClF4N2O4. The van der Waals surface area contributed by atoms with Crippen LogP contribution in [0, 0.1) is 5.82 Å². The molecule has 2 aromatic carbocycles. The van der Waals surface area contributed by atoms with Crippen LogP contribution in [0.1, 0.15) is 19.4 Å². The molecular weight excluding hydrogens is 444 g/mol. The molecule has 1 unspecified atom stereocenters. The summed E-state index contributed by atoms with van der Waals surface area (Å²) < 4.78 is 64.0. The number of carbonyl (C=O) groups excluding carboxylic acids is 1. The summed E-state index contributed by atoms with van der Waals surface area (Å²) >= 11 is 5.82. The molecule has 0 bridgehead atoms. The number of ether oxygens (including phenoxy) is 2. The third kappa shape index (κ3) is 4.12. The molecule has 1 aliphatic heterocycles. The summed E-state index contributed by atoms with van der Waals surface area (Å²) in [5.41, 5.74) is -2.06. The van der Waals surface area contributed by atoms with Crippen molar-refractivity contribution in [3.05, 3.63) is 46.7 Å². The van der Waals surface area contributed by atoms with Gasteiger partial charge in [-0.15, -0.1) is 0 Å². The Morgan fingerprint density at radius 1 is 1.26 bits per heavy atom. The summed E-state index contributed by atoms with van der Waals surface area (Å²) in [7, 11) is 2.86. The van der Waals surface area contributed by atoms with Crippen LogP contribution in [-0.2, 0) is 15.8 Å². The minimum absolute atomic E-state index is 0.0331. The number of benzene rings is 2. The number of rotatable bonds is 4. The number of hydrogen-bond acceptors (Lipinski definition) is 5. The standard InChI is InChI=1S/C20H17ClF4N2O4/c1-10(26-29-4)19(2)18(28)27(3)15-6-5-12(9-16(15)31-19)30-17-13(21)7-11(8-14(17)22)20(23,24)25/h5-9H,1-4H3/b26-10+. The van der Waals surface area contributed by atoms with Crippen molar-refractivity contribution in [3.8, 4) is 17.2 Å². The van der Waals surface area contributed by atoms with E-state index in [1.165, 1.54) is 44.2 Å². The molecule has 0 radical (unpaired) electrons. The van der Waals surface area contributed by atoms with Crippen LogP contribution in [0.2, 0.25) is 5.02 Å². The van der Waals surface area contributed by atoms with Crippen molar-refractivity contribution >= 4 is 28.9 Å². The fourth-order valence-electron chi connectivity index (χ4n) is 3.00. The lowest BCUT2D eigenvalue weighted by atomic mass is 9.96. The van der Waals surface area contributed by atoms with Crippen LogP contribution >= 0.6 is 11.6 Å². The van der Waals surface area contributed by atoms with Crippen LogP contribution in [0.15, 0.2) is 35.5 Å². The van der Waals surface area contributed by atoms with Gasteiger partial charge >= 0.3 is 6.18 Å². The predicted octanol–water partition coefficient (Wildman–Crippen LogP) is 5.43. The van der Waals surface area contributed by atoms with E-state index in [-0.39, 0.29) is 17.2 Å². The van der Waals surface area contributed by atoms with Gasteiger partial charge in [0, 0.05) is 13.1 Å². The molecule has 11 heteroatoms. The molecule has 0 saturated carbocycles. The molecule has 166 valence electrons. The smallest absolute Gasteiger partial charge is 0.416 e. The highest BCUT2D eigenvalue weighted by molar-refractivity contribution is 6.32. The number of hydrogen-bond donors (Lipinski definition) is 0. The zero-order chi connectivity index (χ0) is 23.1. The molecule has 0 saturated heterocycles. The minimum atomic E-state index is -4.76. The van der Waals surface area contributed by atoms with Crippen molar-refractivity contribution in [1.82, 2.24) is 0 Å². The first-order valence-electron chi connectivity index (χ1n) is 8.82. The summed E-state index contributed by atoms with van der Waals surface area (Å²) in [5, 5.41) is 3.22. The summed E-state index contributed by atoms with van der Waals surface area (Å²) in [6, 6.07) is 5.12. The molecule has 2 aromatic rings. The number of anilines is 1. The second-order valence-corrected chi connectivity index (χ2v) is 7.26. The quantitative estimate of drug-likeness (QED) is 0.347. The average Bonchev–Trinajstić information content (AvgIpc) is 2.68. The SMILES string of the molecule is CO/N=C(\C)C1(C)Oc2cc(Oc3c(F)cc(C(F)(F)F)cc3Cl)ccc2N(C)C1=O. The van der Waals surface area contributed by atoms with Gasteiger partial charge in [0.1, 0.15) is 24.3 Å². The van der Waals surface area contributed by atoms with Crippen molar-refractivity contribution in [1.29, 1.82) is 0 Å². The number of nitrogens with zero attached hydrogens (tertiary/aromatic N) is 2. The number of carbonyl (C=O) groups is 1. The van der Waals surface area contributed by atoms with Gasteiger partial charge in [0.2, 0.25) is 5.60 Å². The average molecular weight is 461 g/mol. The second-order valence-electron chi connectivity index (χ2n) is 6.86. The molecule has 0 aliphatic carbocycles. The summed E-state index contributed by atoms with van der Waals surface area (Å²) in [4.78, 5) is 18.9. The maximum absolute atomic E-state index is 14.3. The van der Waals surface area contributed by atoms with Gasteiger partial charge in [-0.05, 0) is 38.1 Å². The maximum Gasteiger partial charge on any atom is 0.416 e. The van der Waals surface area contributed by atoms with E-state index in [0.717, 1.165) is 0 Å². The minimum Gasteiger partial charge on any atom is -0.469 e. The molecule has 1 aliphatic rings. The Morgan fingerprint density at radius 2 is 1.94 bits per heavy atom. The van der Waals surface area contributed by atoms with Crippen LogP contribution < -0.4 is 14.4 Å². The monoisotopic (exact) mass is 460 g/mol. The van der Waals surface area contributed by atoms with Crippen molar-refractivity contribution in [2.45, 2.75) is 25.6 Å². The lowest BCUT2D eigenvalue weighted by Crippen LogP contribution is -2.57. The highest BCUT2D eigenvalue weighted by atomic mass is 35.5. The molecule has 3 rings (SSSR count). The summed E-state index contributed by atoms with van der Waals surface area (Å²) in [5.74, 6) is -2.01. The summed E-state index contributed by atoms with van der Waals surface area (Å²) in [6.07, 6.45) is -4.76. The van der Waals surface area contributed by atoms with E-state index in [1.807, 2.05) is 0 Å². The lowest BCUT2D eigenvalue weighted by Gasteiger charge is -2.38. The Balaban J connectivity index is 1.98. The van der Waals surface area contributed by atoms with Gasteiger partial charge in [-0.1, -0.05) is 16.8 Å². The second kappa shape index (κ2) is 7.92. The zero-order valence-electron chi connectivity index (χ0n) is 16.8. The Labute approximate surface area is 179 Å². The van der Waals surface area contributed by atoms with Gasteiger partial charge in [-0.25, -0.2) is 4.39 Å². The number of alkyl halides is 3. The fourth-order valence-corrected chi connectivity index (χ4v) is 3.25. The van der Waals surface area contributed by atoms with Crippen LogP contribution in [0.3, 0.4) is 0 Å². The third-order valence-electron chi connectivity index (χ3n) is 4.78. The van der Waals surface area contributed by atoms with Gasteiger partial charge in [-0.3, -0.25) is 4.79 Å². The molecule has 0 N–H and O–H groups in total. The van der Waals surface area contributed by atoms with E-state index in [1.54, 1.807) is 6.92 Å². The van der Waals surface area contributed by atoms with Gasteiger partial charge in [0.25, 0.3) is 5.91 Å². The van der Waals surface area contributed by atoms with E-state index < -0.39 is 39.8 Å². The Bertz CT molecular complexity index is 1050. The highest BCUT2D eigenvalue weighted by Crippen LogP contribution is 2.43. The van der Waals surface area contributed by atoms with E-state index in [0.29, 0.717) is 17.8 Å². The van der Waals surface area contributed by atoms with Crippen LogP contribution in [0.5, 0.6) is 17.2 Å². The maximum atomic E-state index is 14.3. The van der Waals surface area contributed by atoms with Crippen molar-refractivity contribution in [2.24, 2.45) is 5.16 Å². The first kappa shape index (κ1) is 22.7. The molecule has 31 heavy (non-hydrogen) atoms. The Morgan fingerprint density at radius 3 is 2.52 bits per heavy atom. The van der Waals surface area contributed by atoms with Crippen LogP contribution in [0.25, 0.3) is 0 Å². The molecule has 1 atom stereocenters. The Hall–Kier alpha value is -3.01. The number of halogens is 5. The number of fused-ring (bicyclic) bond motifs is 1. The van der Waals surface area contributed by atoms with Gasteiger partial charge < -0.3 is 19.2 Å². The molecule has 0 spiro atoms. The number of oxime groups is 1. The van der Waals surface area contributed by atoms with E-state index in [9.17, 15) is 22.4 Å². The van der Waals surface area contributed by atoms with Gasteiger partial charge in [0.05, 0.1) is 16.3 Å². The topological polar surface area (TPSA) is 60.4 Å². The summed E-state index contributed by atoms with van der Waals surface area (Å²) in [6.45, 7) is 3.06. The zero-order valence-corrected chi connectivity index (χ0v) is 17.6. The fraction of sp³-hybridized carbons (Fsp3) is 0.300. The van der Waals surface area contributed by atoms with Crippen molar-refractivity contribution in [2.75, 3.05) is 19.1 Å². The molecule has 1 heterocycles. The van der Waals surface area contributed by atoms with Gasteiger partial charge in [0.15, 0.2) is 11.6 Å². The van der Waals surface area contributed by atoms with Crippen LogP contribution in [-0.4, -0.2) is 31.4 Å². The number of amides is 1. The lowest BCUT2D eigenvalue weighted by molar-refractivity contribution is -0.137. The number of likely N-dealkylation sites (N-methyl/N-ethyl adjacent to an activating group) is 1. The van der Waals surface area contributed by atoms with E-state index in [4.69, 9.17) is 25.9 Å². The van der Waals surface area contributed by atoms with E-state index in [2.05, 4.69) is 5.16 Å². The highest BCUT2D eigenvalue weighted by Gasteiger charge is 2.46. The first-order chi connectivity index (χ1) is 14.4. The van der Waals surface area contributed by atoms with E-state index >= 15 is 0 Å². The van der Waals surface area contributed by atoms with Crippen molar-refractivity contribution < 1.29 is 36.7 Å². The first-order valence-corrected chi connectivity index (χ1v) is 9.20. The molecule has 0 fully saturated rings. The third-order valence-corrected chi connectivity index (χ3v) is 5.06. The molecule has 0 aromatic heterocycles.